The van der Waals surface area contributed by atoms with E-state index in [1.807, 2.05) is 32.3 Å². The highest BCUT2D eigenvalue weighted by Crippen LogP contribution is 2.53. The van der Waals surface area contributed by atoms with Crippen LogP contribution in [0.25, 0.3) is 0 Å². The van der Waals surface area contributed by atoms with E-state index in [0.29, 0.717) is 6.04 Å². The molecule has 24 heavy (non-hydrogen) atoms. The van der Waals surface area contributed by atoms with Crippen LogP contribution in [0.3, 0.4) is 0 Å². The summed E-state index contributed by atoms with van der Waals surface area (Å²) in [5.41, 5.74) is 1.88. The van der Waals surface area contributed by atoms with Crippen LogP contribution in [0, 0.1) is 11.3 Å². The Bertz CT molecular complexity index is 605. The van der Waals surface area contributed by atoms with Crippen molar-refractivity contribution in [2.75, 3.05) is 27.2 Å². The zero-order valence-electron chi connectivity index (χ0n) is 15.0. The summed E-state index contributed by atoms with van der Waals surface area (Å²) >= 11 is 0. The summed E-state index contributed by atoms with van der Waals surface area (Å²) in [5, 5.41) is 11.2. The third-order valence-corrected chi connectivity index (χ3v) is 5.83. The van der Waals surface area contributed by atoms with Crippen molar-refractivity contribution < 1.29 is 9.90 Å². The molecule has 1 spiro atoms. The molecule has 0 bridgehead atoms. The van der Waals surface area contributed by atoms with Crippen molar-refractivity contribution in [3.63, 3.8) is 0 Å². The van der Waals surface area contributed by atoms with Crippen LogP contribution in [-0.2, 0) is 11.2 Å². The van der Waals surface area contributed by atoms with Crippen LogP contribution < -0.4 is 0 Å². The number of aryl methyl sites for hydroxylation is 1. The summed E-state index contributed by atoms with van der Waals surface area (Å²) in [6.07, 6.45) is 1.25. The van der Waals surface area contributed by atoms with Crippen molar-refractivity contribution in [3.05, 3.63) is 35.4 Å². The zero-order valence-corrected chi connectivity index (χ0v) is 15.8. The monoisotopic (exact) mass is 352 g/mol. The maximum Gasteiger partial charge on any atom is 0.227 e. The molecule has 3 atom stereocenters. The van der Waals surface area contributed by atoms with Gasteiger partial charge >= 0.3 is 0 Å². The number of nitrogens with zero attached hydrogens (tertiary/aromatic N) is 2. The van der Waals surface area contributed by atoms with Gasteiger partial charge < -0.3 is 10.0 Å². The average Bonchev–Trinajstić information content (AvgIpc) is 2.91. The molecule has 1 fully saturated rings. The topological polar surface area (TPSA) is 43.8 Å². The Morgan fingerprint density at radius 3 is 2.62 bits per heavy atom. The van der Waals surface area contributed by atoms with Crippen LogP contribution in [0.5, 0.6) is 0 Å². The molecule has 4 nitrogen and oxygen atoms in total. The maximum atomic E-state index is 12.8. The van der Waals surface area contributed by atoms with Crippen LogP contribution >= 0.6 is 12.4 Å². The van der Waals surface area contributed by atoms with Crippen molar-refractivity contribution in [2.24, 2.45) is 11.3 Å². The highest BCUT2D eigenvalue weighted by Gasteiger charge is 2.56. The van der Waals surface area contributed by atoms with E-state index in [1.54, 1.807) is 4.90 Å². The molecule has 1 aliphatic carbocycles. The van der Waals surface area contributed by atoms with Crippen molar-refractivity contribution in [1.82, 2.24) is 9.80 Å². The maximum absolute atomic E-state index is 12.8. The Morgan fingerprint density at radius 2 is 2.00 bits per heavy atom. The number of benzene rings is 1. The first-order valence-electron chi connectivity index (χ1n) is 8.58. The molecule has 1 heterocycles. The van der Waals surface area contributed by atoms with Gasteiger partial charge in [-0.25, -0.2) is 0 Å². The van der Waals surface area contributed by atoms with Gasteiger partial charge in [-0.05, 0) is 37.8 Å². The molecule has 1 aliphatic heterocycles. The minimum Gasteiger partial charge on any atom is -0.388 e. The highest BCUT2D eigenvalue weighted by molar-refractivity contribution is 5.85. The van der Waals surface area contributed by atoms with Crippen LogP contribution in [0.1, 0.15) is 37.5 Å². The van der Waals surface area contributed by atoms with E-state index in [0.717, 1.165) is 31.5 Å². The number of aliphatic hydroxyl groups excluding tert-OH is 1. The van der Waals surface area contributed by atoms with E-state index in [-0.39, 0.29) is 29.6 Å². The Kier molecular flexibility index (Phi) is 5.63. The van der Waals surface area contributed by atoms with Gasteiger partial charge in [0.25, 0.3) is 0 Å². The molecule has 1 saturated heterocycles. The molecule has 1 aromatic rings. The summed E-state index contributed by atoms with van der Waals surface area (Å²) in [5.74, 6) is 0.00911. The number of hydrogen-bond acceptors (Lipinski definition) is 3. The van der Waals surface area contributed by atoms with Crippen molar-refractivity contribution in [1.29, 1.82) is 0 Å². The quantitative estimate of drug-likeness (QED) is 0.889. The standard InChI is InChI=1S/C19H28N2O2.ClH/c1-13(2)21-11-16(18(23)20(3)4)19(12-21)10-9-14-7-5-6-8-15(14)17(19)22;/h5-8,13,16-17,22H,9-12H2,1-4H3;1H. The summed E-state index contributed by atoms with van der Waals surface area (Å²) in [4.78, 5) is 16.9. The second kappa shape index (κ2) is 7.03. The van der Waals surface area contributed by atoms with Gasteiger partial charge in [-0.3, -0.25) is 9.69 Å². The van der Waals surface area contributed by atoms with Crippen LogP contribution in [0.4, 0.5) is 0 Å². The van der Waals surface area contributed by atoms with Crippen molar-refractivity contribution in [3.8, 4) is 0 Å². The molecule has 1 aromatic carbocycles. The normalized spacial score (nSPS) is 29.4. The summed E-state index contributed by atoms with van der Waals surface area (Å²) in [6, 6.07) is 8.52. The number of carbonyl (C=O) groups excluding carboxylic acids is 1. The fourth-order valence-electron chi connectivity index (χ4n) is 4.37. The lowest BCUT2D eigenvalue weighted by Crippen LogP contribution is -2.46. The Hall–Kier alpha value is -1.10. The van der Waals surface area contributed by atoms with Crippen molar-refractivity contribution in [2.45, 2.75) is 38.8 Å². The third kappa shape index (κ3) is 2.96. The second-order valence-electron chi connectivity index (χ2n) is 7.64. The number of carbonyl (C=O) groups is 1. The molecule has 0 aromatic heterocycles. The lowest BCUT2D eigenvalue weighted by atomic mass is 9.63. The number of likely N-dealkylation sites (tertiary alicyclic amines) is 1. The van der Waals surface area contributed by atoms with Gasteiger partial charge in [-0.15, -0.1) is 12.4 Å². The SMILES string of the molecule is CC(C)N1CC(C(=O)N(C)C)C2(CCc3ccccc3C2O)C1.Cl. The minimum atomic E-state index is -0.565. The Balaban J connectivity index is 0.00000208. The molecule has 0 saturated carbocycles. The number of hydrogen-bond donors (Lipinski definition) is 1. The Morgan fingerprint density at radius 1 is 1.33 bits per heavy atom. The molecule has 3 rings (SSSR count). The summed E-state index contributed by atoms with van der Waals surface area (Å²) in [6.45, 7) is 5.87. The van der Waals surface area contributed by atoms with Crippen LogP contribution in [-0.4, -0.2) is 54.0 Å². The fourth-order valence-corrected chi connectivity index (χ4v) is 4.37. The number of rotatable bonds is 2. The van der Waals surface area contributed by atoms with Crippen LogP contribution in [0.2, 0.25) is 0 Å². The number of halogens is 1. The molecule has 3 unspecified atom stereocenters. The lowest BCUT2D eigenvalue weighted by Gasteiger charge is -2.43. The molecule has 1 N–H and O–H groups in total. The lowest BCUT2D eigenvalue weighted by molar-refractivity contribution is -0.140. The van der Waals surface area contributed by atoms with Gasteiger partial charge in [-0.2, -0.15) is 0 Å². The molecule has 2 aliphatic rings. The number of fused-ring (bicyclic) bond motifs is 1. The molecule has 5 heteroatoms. The average molecular weight is 353 g/mol. The van der Waals surface area contributed by atoms with E-state index >= 15 is 0 Å². The summed E-state index contributed by atoms with van der Waals surface area (Å²) < 4.78 is 0. The van der Waals surface area contributed by atoms with Gasteiger partial charge in [-0.1, -0.05) is 24.3 Å². The zero-order chi connectivity index (χ0) is 16.8. The first-order chi connectivity index (χ1) is 10.9. The third-order valence-electron chi connectivity index (χ3n) is 5.83. The largest absolute Gasteiger partial charge is 0.388 e. The molecular weight excluding hydrogens is 324 g/mol. The van der Waals surface area contributed by atoms with Gasteiger partial charge in [0.2, 0.25) is 5.91 Å². The van der Waals surface area contributed by atoms with Crippen LogP contribution in [0.15, 0.2) is 24.3 Å². The minimum absolute atomic E-state index is 0. The second-order valence-corrected chi connectivity index (χ2v) is 7.64. The Labute approximate surface area is 151 Å². The molecular formula is C19H29ClN2O2. The number of aliphatic hydroxyl groups is 1. The van der Waals surface area contributed by atoms with E-state index in [1.165, 1.54) is 5.56 Å². The van der Waals surface area contributed by atoms with E-state index in [9.17, 15) is 9.90 Å². The van der Waals surface area contributed by atoms with Gasteiger partial charge in [0.15, 0.2) is 0 Å². The first kappa shape index (κ1) is 19.2. The molecule has 1 amide bonds. The van der Waals surface area contributed by atoms with E-state index in [4.69, 9.17) is 0 Å². The highest BCUT2D eigenvalue weighted by atomic mass is 35.5. The number of amides is 1. The predicted octanol–water partition coefficient (Wildman–Crippen LogP) is 2.50. The van der Waals surface area contributed by atoms with Crippen molar-refractivity contribution >= 4 is 18.3 Å². The smallest absolute Gasteiger partial charge is 0.227 e. The van der Waals surface area contributed by atoms with E-state index < -0.39 is 6.10 Å². The van der Waals surface area contributed by atoms with Gasteiger partial charge in [0.1, 0.15) is 0 Å². The predicted molar refractivity (Wildman–Crippen MR) is 98.3 cm³/mol. The molecule has 134 valence electrons. The van der Waals surface area contributed by atoms with Gasteiger partial charge in [0, 0.05) is 38.6 Å². The molecule has 0 radical (unpaired) electrons. The fraction of sp³-hybridized carbons (Fsp3) is 0.632. The first-order valence-corrected chi connectivity index (χ1v) is 8.58. The van der Waals surface area contributed by atoms with E-state index in [2.05, 4.69) is 24.8 Å². The summed E-state index contributed by atoms with van der Waals surface area (Å²) in [7, 11) is 3.63. The van der Waals surface area contributed by atoms with Gasteiger partial charge in [0.05, 0.1) is 12.0 Å².